The van der Waals surface area contributed by atoms with Crippen molar-refractivity contribution >= 4 is 16.7 Å². The molecule has 3 heteroatoms. The predicted octanol–water partition coefficient (Wildman–Crippen LogP) is 3.22. The van der Waals surface area contributed by atoms with E-state index in [1.54, 1.807) is 6.07 Å². The van der Waals surface area contributed by atoms with E-state index < -0.39 is 0 Å². The van der Waals surface area contributed by atoms with Crippen molar-refractivity contribution in [1.82, 2.24) is 5.32 Å². The molecular weight excluding hydrogens is 229 g/mol. The van der Waals surface area contributed by atoms with E-state index in [2.05, 4.69) is 5.32 Å². The molecule has 0 fully saturated rings. The number of nitrogens with one attached hydrogen (secondary N) is 1. The van der Waals surface area contributed by atoms with Crippen LogP contribution in [0.2, 0.25) is 0 Å². The molecule has 1 amide bonds. The maximum atomic E-state index is 13.1. The third-order valence-electron chi connectivity index (χ3n) is 3.07. The number of hydrogen-bond acceptors (Lipinski definition) is 1. The van der Waals surface area contributed by atoms with Gasteiger partial charge in [0.05, 0.1) is 5.92 Å². The quantitative estimate of drug-likeness (QED) is 0.883. The molecule has 0 spiro atoms. The third kappa shape index (κ3) is 2.50. The standard InChI is InChI=1S/C15H16FNO/c1-3-17-15(18)10(2)11-4-5-13-9-14(16)7-6-12(13)8-11/h4-10H,3H2,1-2H3,(H,17,18). The Hall–Kier alpha value is -1.90. The Balaban J connectivity index is 2.35. The lowest BCUT2D eigenvalue weighted by atomic mass is 9.97. The average Bonchev–Trinajstić information content (AvgIpc) is 2.37. The first-order valence-corrected chi connectivity index (χ1v) is 6.08. The van der Waals surface area contributed by atoms with Gasteiger partial charge in [0, 0.05) is 6.54 Å². The molecule has 2 nitrogen and oxygen atoms in total. The highest BCUT2D eigenvalue weighted by Gasteiger charge is 2.14. The maximum Gasteiger partial charge on any atom is 0.227 e. The van der Waals surface area contributed by atoms with E-state index in [1.807, 2.05) is 32.0 Å². The second-order valence-corrected chi connectivity index (χ2v) is 4.37. The minimum atomic E-state index is -0.243. The summed E-state index contributed by atoms with van der Waals surface area (Å²) in [5, 5.41) is 4.60. The van der Waals surface area contributed by atoms with Crippen molar-refractivity contribution in [3.63, 3.8) is 0 Å². The molecule has 1 N–H and O–H groups in total. The number of carbonyl (C=O) groups excluding carboxylic acids is 1. The van der Waals surface area contributed by atoms with Gasteiger partial charge in [-0.1, -0.05) is 24.3 Å². The van der Waals surface area contributed by atoms with Gasteiger partial charge in [-0.25, -0.2) is 4.39 Å². The van der Waals surface area contributed by atoms with Gasteiger partial charge in [0.1, 0.15) is 5.82 Å². The lowest BCUT2D eigenvalue weighted by Crippen LogP contribution is -2.27. The van der Waals surface area contributed by atoms with Gasteiger partial charge in [-0.3, -0.25) is 4.79 Å². The number of halogens is 1. The molecule has 0 bridgehead atoms. The molecule has 1 unspecified atom stereocenters. The van der Waals surface area contributed by atoms with Gasteiger partial charge in [0.25, 0.3) is 0 Å². The topological polar surface area (TPSA) is 29.1 Å². The number of likely N-dealkylation sites (N-methyl/N-ethyl adjacent to an activating group) is 1. The van der Waals surface area contributed by atoms with E-state index in [1.165, 1.54) is 12.1 Å². The highest BCUT2D eigenvalue weighted by molar-refractivity contribution is 5.87. The highest BCUT2D eigenvalue weighted by atomic mass is 19.1. The summed E-state index contributed by atoms with van der Waals surface area (Å²) in [5.74, 6) is -0.426. The summed E-state index contributed by atoms with van der Waals surface area (Å²) in [6.45, 7) is 4.39. The van der Waals surface area contributed by atoms with Crippen LogP contribution in [0.15, 0.2) is 36.4 Å². The number of carbonyl (C=O) groups is 1. The summed E-state index contributed by atoms with van der Waals surface area (Å²) >= 11 is 0. The van der Waals surface area contributed by atoms with E-state index in [9.17, 15) is 9.18 Å². The molecule has 0 aliphatic carbocycles. The molecule has 0 aliphatic rings. The Labute approximate surface area is 106 Å². The fourth-order valence-corrected chi connectivity index (χ4v) is 1.98. The molecule has 18 heavy (non-hydrogen) atoms. The summed E-state index contributed by atoms with van der Waals surface area (Å²) < 4.78 is 13.1. The SMILES string of the molecule is CCNC(=O)C(C)c1ccc2cc(F)ccc2c1. The van der Waals surface area contributed by atoms with Gasteiger partial charge >= 0.3 is 0 Å². The van der Waals surface area contributed by atoms with Gasteiger partial charge in [-0.2, -0.15) is 0 Å². The Bertz CT molecular complexity index is 580. The fourth-order valence-electron chi connectivity index (χ4n) is 1.98. The number of amides is 1. The molecule has 0 saturated heterocycles. The van der Waals surface area contributed by atoms with Crippen LogP contribution >= 0.6 is 0 Å². The van der Waals surface area contributed by atoms with Crippen molar-refractivity contribution in [3.05, 3.63) is 47.8 Å². The lowest BCUT2D eigenvalue weighted by molar-refractivity contribution is -0.122. The van der Waals surface area contributed by atoms with Gasteiger partial charge in [0.15, 0.2) is 0 Å². The predicted molar refractivity (Wildman–Crippen MR) is 71.0 cm³/mol. The average molecular weight is 245 g/mol. The first kappa shape index (κ1) is 12.6. The Morgan fingerprint density at radius 2 is 1.89 bits per heavy atom. The molecule has 0 heterocycles. The highest BCUT2D eigenvalue weighted by Crippen LogP contribution is 2.22. The van der Waals surface area contributed by atoms with Crippen molar-refractivity contribution < 1.29 is 9.18 Å². The smallest absolute Gasteiger partial charge is 0.227 e. The molecule has 2 rings (SSSR count). The Morgan fingerprint density at radius 3 is 2.61 bits per heavy atom. The lowest BCUT2D eigenvalue weighted by Gasteiger charge is -2.12. The Kier molecular flexibility index (Phi) is 3.60. The number of hydrogen-bond donors (Lipinski definition) is 1. The normalized spacial score (nSPS) is 12.4. The van der Waals surface area contributed by atoms with Crippen molar-refractivity contribution in [2.75, 3.05) is 6.54 Å². The van der Waals surface area contributed by atoms with E-state index in [0.29, 0.717) is 6.54 Å². The molecule has 1 atom stereocenters. The van der Waals surface area contributed by atoms with Crippen molar-refractivity contribution in [3.8, 4) is 0 Å². The van der Waals surface area contributed by atoms with E-state index in [4.69, 9.17) is 0 Å². The van der Waals surface area contributed by atoms with Crippen LogP contribution in [0.1, 0.15) is 25.3 Å². The van der Waals surface area contributed by atoms with Gasteiger partial charge in [-0.15, -0.1) is 0 Å². The molecule has 2 aromatic rings. The molecule has 0 radical (unpaired) electrons. The number of fused-ring (bicyclic) bond motifs is 1. The van der Waals surface area contributed by atoms with Crippen molar-refractivity contribution in [2.24, 2.45) is 0 Å². The molecule has 0 aromatic heterocycles. The zero-order valence-electron chi connectivity index (χ0n) is 10.5. The minimum Gasteiger partial charge on any atom is -0.356 e. The monoisotopic (exact) mass is 245 g/mol. The van der Waals surface area contributed by atoms with E-state index in [0.717, 1.165) is 16.3 Å². The molecular formula is C15H16FNO. The first-order valence-electron chi connectivity index (χ1n) is 6.08. The van der Waals surface area contributed by atoms with Gasteiger partial charge in [0.2, 0.25) is 5.91 Å². The second-order valence-electron chi connectivity index (χ2n) is 4.37. The van der Waals surface area contributed by atoms with Crippen LogP contribution in [0, 0.1) is 5.82 Å². The fraction of sp³-hybridized carbons (Fsp3) is 0.267. The van der Waals surface area contributed by atoms with Crippen LogP contribution < -0.4 is 5.32 Å². The second kappa shape index (κ2) is 5.17. The molecule has 2 aromatic carbocycles. The molecule has 0 saturated carbocycles. The summed E-state index contributed by atoms with van der Waals surface area (Å²) in [4.78, 5) is 11.8. The van der Waals surface area contributed by atoms with Crippen LogP contribution in [0.3, 0.4) is 0 Å². The number of benzene rings is 2. The largest absolute Gasteiger partial charge is 0.356 e. The van der Waals surface area contributed by atoms with E-state index >= 15 is 0 Å². The van der Waals surface area contributed by atoms with Crippen LogP contribution in [-0.4, -0.2) is 12.5 Å². The van der Waals surface area contributed by atoms with Gasteiger partial charge < -0.3 is 5.32 Å². The summed E-state index contributed by atoms with van der Waals surface area (Å²) in [5.41, 5.74) is 0.944. The molecule has 0 aliphatic heterocycles. The zero-order valence-corrected chi connectivity index (χ0v) is 10.5. The third-order valence-corrected chi connectivity index (χ3v) is 3.07. The Morgan fingerprint density at radius 1 is 1.22 bits per heavy atom. The maximum absolute atomic E-state index is 13.1. The summed E-state index contributed by atoms with van der Waals surface area (Å²) in [6, 6.07) is 10.3. The van der Waals surface area contributed by atoms with Crippen LogP contribution in [0.4, 0.5) is 4.39 Å². The molecule has 94 valence electrons. The first-order chi connectivity index (χ1) is 8.61. The number of rotatable bonds is 3. The van der Waals surface area contributed by atoms with Crippen LogP contribution in [0.25, 0.3) is 10.8 Å². The van der Waals surface area contributed by atoms with Crippen molar-refractivity contribution in [2.45, 2.75) is 19.8 Å². The van der Waals surface area contributed by atoms with Crippen LogP contribution in [-0.2, 0) is 4.79 Å². The van der Waals surface area contributed by atoms with Gasteiger partial charge in [-0.05, 0) is 42.3 Å². The summed E-state index contributed by atoms with van der Waals surface area (Å²) in [6.07, 6.45) is 0. The van der Waals surface area contributed by atoms with Crippen LogP contribution in [0.5, 0.6) is 0 Å². The van der Waals surface area contributed by atoms with E-state index in [-0.39, 0.29) is 17.6 Å². The van der Waals surface area contributed by atoms with Crippen molar-refractivity contribution in [1.29, 1.82) is 0 Å². The minimum absolute atomic E-state index is 0.0129. The summed E-state index contributed by atoms with van der Waals surface area (Å²) in [7, 11) is 0. The zero-order chi connectivity index (χ0) is 13.1.